The number of nitrogens with one attached hydrogen (secondary N) is 1. The van der Waals surface area contributed by atoms with Gasteiger partial charge in [-0.2, -0.15) is 5.10 Å². The normalized spacial score (nSPS) is 14.3. The molecule has 11 nitrogen and oxygen atoms in total. The summed E-state index contributed by atoms with van der Waals surface area (Å²) < 4.78 is 17.6. The van der Waals surface area contributed by atoms with Crippen molar-refractivity contribution in [1.29, 1.82) is 0 Å². The summed E-state index contributed by atoms with van der Waals surface area (Å²) in [5.41, 5.74) is 3.18. The highest BCUT2D eigenvalue weighted by Crippen LogP contribution is 2.34. The molecule has 5 rings (SSSR count). The SMILES string of the molecule is COc1ccc(C2=NN(C(=O)CSc3nnc(CNC(=O)c4cccc(OC)c4)n3C)C(c3ccc(OC)cc3)C2)cc1. The van der Waals surface area contributed by atoms with Gasteiger partial charge in [-0.05, 0) is 65.7 Å². The highest BCUT2D eigenvalue weighted by Gasteiger charge is 2.33. The first-order valence-electron chi connectivity index (χ1n) is 13.5. The number of carbonyl (C=O) groups excluding carboxylic acids is 2. The Balaban J connectivity index is 1.27. The Morgan fingerprint density at radius 2 is 1.58 bits per heavy atom. The van der Waals surface area contributed by atoms with Crippen molar-refractivity contribution in [1.82, 2.24) is 25.1 Å². The molecule has 1 N–H and O–H groups in total. The molecule has 1 atom stereocenters. The summed E-state index contributed by atoms with van der Waals surface area (Å²) in [6.45, 7) is 0.176. The second-order valence-corrected chi connectivity index (χ2v) is 10.6. The van der Waals surface area contributed by atoms with Crippen LogP contribution in [0.3, 0.4) is 0 Å². The number of hydrogen-bond donors (Lipinski definition) is 1. The van der Waals surface area contributed by atoms with Gasteiger partial charge in [0.05, 0.1) is 45.4 Å². The molecule has 2 amide bonds. The maximum Gasteiger partial charge on any atom is 0.253 e. The first-order chi connectivity index (χ1) is 20.9. The highest BCUT2D eigenvalue weighted by molar-refractivity contribution is 7.99. The summed E-state index contributed by atoms with van der Waals surface area (Å²) in [5.74, 6) is 2.34. The van der Waals surface area contributed by atoms with Gasteiger partial charge < -0.3 is 24.1 Å². The Hall–Kier alpha value is -4.84. The fourth-order valence-corrected chi connectivity index (χ4v) is 5.41. The van der Waals surface area contributed by atoms with Crippen molar-refractivity contribution in [3.8, 4) is 17.2 Å². The maximum atomic E-state index is 13.6. The quantitative estimate of drug-likeness (QED) is 0.254. The van der Waals surface area contributed by atoms with Gasteiger partial charge in [0.25, 0.3) is 11.8 Å². The van der Waals surface area contributed by atoms with E-state index in [1.807, 2.05) is 48.5 Å². The molecule has 1 aliphatic heterocycles. The van der Waals surface area contributed by atoms with E-state index in [1.165, 1.54) is 11.8 Å². The third-order valence-corrected chi connectivity index (χ3v) is 8.08. The molecule has 2 heterocycles. The average molecular weight is 601 g/mol. The number of rotatable bonds is 11. The Kier molecular flexibility index (Phi) is 9.26. The number of ether oxygens (including phenoxy) is 3. The summed E-state index contributed by atoms with van der Waals surface area (Å²) >= 11 is 1.27. The molecule has 1 aliphatic rings. The topological polar surface area (TPSA) is 120 Å². The van der Waals surface area contributed by atoms with Gasteiger partial charge in [0, 0.05) is 19.0 Å². The minimum atomic E-state index is -0.266. The van der Waals surface area contributed by atoms with Crippen LogP contribution < -0.4 is 19.5 Å². The summed E-state index contributed by atoms with van der Waals surface area (Å²) in [5, 5.41) is 18.2. The minimum absolute atomic E-state index is 0.105. The maximum absolute atomic E-state index is 13.6. The number of hydrogen-bond acceptors (Lipinski definition) is 9. The lowest BCUT2D eigenvalue weighted by Gasteiger charge is -2.22. The molecule has 222 valence electrons. The lowest BCUT2D eigenvalue weighted by atomic mass is 9.98. The summed E-state index contributed by atoms with van der Waals surface area (Å²) in [6.07, 6.45) is 0.566. The van der Waals surface area contributed by atoms with Crippen molar-refractivity contribution in [2.24, 2.45) is 12.1 Å². The number of aromatic nitrogens is 3. The zero-order chi connectivity index (χ0) is 30.3. The Bertz CT molecular complexity index is 1620. The standard InChI is InChI=1S/C31H32N6O5S/c1-36-28(18-32-30(39)22-6-5-7-25(16-22)42-4)33-34-31(36)43-19-29(38)37-27(21-10-14-24(41-3)15-11-21)17-26(35-37)20-8-12-23(40-2)13-9-20/h5-16,27H,17-19H2,1-4H3,(H,32,39). The van der Waals surface area contributed by atoms with Gasteiger partial charge in [0.1, 0.15) is 17.2 Å². The number of methoxy groups -OCH3 is 3. The third-order valence-electron chi connectivity index (χ3n) is 7.08. The highest BCUT2D eigenvalue weighted by atomic mass is 32.2. The molecule has 0 spiro atoms. The smallest absolute Gasteiger partial charge is 0.253 e. The lowest BCUT2D eigenvalue weighted by molar-refractivity contribution is -0.130. The first kappa shape index (κ1) is 29.6. The van der Waals surface area contributed by atoms with Crippen molar-refractivity contribution < 1.29 is 23.8 Å². The van der Waals surface area contributed by atoms with Crippen molar-refractivity contribution in [2.75, 3.05) is 27.1 Å². The van der Waals surface area contributed by atoms with E-state index in [0.29, 0.717) is 28.7 Å². The van der Waals surface area contributed by atoms with E-state index in [2.05, 4.69) is 15.5 Å². The molecule has 0 radical (unpaired) electrons. The predicted molar refractivity (Wildman–Crippen MR) is 163 cm³/mol. The van der Waals surface area contributed by atoms with Crippen molar-refractivity contribution in [3.05, 3.63) is 95.3 Å². The second-order valence-electron chi connectivity index (χ2n) is 9.67. The van der Waals surface area contributed by atoms with E-state index in [0.717, 1.165) is 28.3 Å². The number of nitrogens with zero attached hydrogens (tertiary/aromatic N) is 5. The number of hydrazone groups is 1. The molecule has 43 heavy (non-hydrogen) atoms. The molecular weight excluding hydrogens is 568 g/mol. The molecular formula is C31H32N6O5S. The molecule has 0 fully saturated rings. The fraction of sp³-hybridized carbons (Fsp3) is 0.258. The molecule has 12 heteroatoms. The molecule has 0 aliphatic carbocycles. The molecule has 4 aromatic rings. The van der Waals surface area contributed by atoms with Crippen LogP contribution in [0, 0.1) is 0 Å². The van der Waals surface area contributed by atoms with Crippen LogP contribution in [0.2, 0.25) is 0 Å². The van der Waals surface area contributed by atoms with Gasteiger partial charge in [-0.25, -0.2) is 5.01 Å². The summed E-state index contributed by atoms with van der Waals surface area (Å²) in [6, 6.07) is 22.0. The van der Waals surface area contributed by atoms with Crippen LogP contribution in [0.5, 0.6) is 17.2 Å². The zero-order valence-corrected chi connectivity index (χ0v) is 25.1. The third kappa shape index (κ3) is 6.81. The van der Waals surface area contributed by atoms with E-state index in [-0.39, 0.29) is 30.2 Å². The minimum Gasteiger partial charge on any atom is -0.497 e. The van der Waals surface area contributed by atoms with Gasteiger partial charge >= 0.3 is 0 Å². The Morgan fingerprint density at radius 3 is 2.26 bits per heavy atom. The second kappa shape index (κ2) is 13.4. The van der Waals surface area contributed by atoms with Gasteiger partial charge in [0.15, 0.2) is 11.0 Å². The Morgan fingerprint density at radius 1 is 0.907 bits per heavy atom. The van der Waals surface area contributed by atoms with E-state index in [9.17, 15) is 9.59 Å². The predicted octanol–water partition coefficient (Wildman–Crippen LogP) is 4.24. The van der Waals surface area contributed by atoms with Crippen molar-refractivity contribution in [3.63, 3.8) is 0 Å². The van der Waals surface area contributed by atoms with Crippen molar-refractivity contribution in [2.45, 2.75) is 24.2 Å². The van der Waals surface area contributed by atoms with E-state index in [4.69, 9.17) is 19.3 Å². The Labute approximate surface area is 253 Å². The molecule has 1 unspecified atom stereocenters. The van der Waals surface area contributed by atoms with Crippen LogP contribution in [-0.4, -0.2) is 64.4 Å². The van der Waals surface area contributed by atoms with Gasteiger partial charge in [-0.15, -0.1) is 10.2 Å². The van der Waals surface area contributed by atoms with E-state index < -0.39 is 0 Å². The molecule has 3 aromatic carbocycles. The monoisotopic (exact) mass is 600 g/mol. The van der Waals surface area contributed by atoms with Crippen LogP contribution in [0.15, 0.2) is 83.1 Å². The molecule has 0 saturated heterocycles. The summed E-state index contributed by atoms with van der Waals surface area (Å²) in [7, 11) is 6.60. The van der Waals surface area contributed by atoms with Crippen LogP contribution in [-0.2, 0) is 18.4 Å². The van der Waals surface area contributed by atoms with E-state index in [1.54, 1.807) is 62.2 Å². The number of thioether (sulfide) groups is 1. The fourth-order valence-electron chi connectivity index (χ4n) is 4.63. The van der Waals surface area contributed by atoms with Gasteiger partial charge in [-0.3, -0.25) is 9.59 Å². The molecule has 0 saturated carbocycles. The van der Waals surface area contributed by atoms with Crippen LogP contribution >= 0.6 is 11.8 Å². The van der Waals surface area contributed by atoms with Crippen LogP contribution in [0.25, 0.3) is 0 Å². The molecule has 0 bridgehead atoms. The van der Waals surface area contributed by atoms with Gasteiger partial charge in [0.2, 0.25) is 0 Å². The largest absolute Gasteiger partial charge is 0.497 e. The zero-order valence-electron chi connectivity index (χ0n) is 24.3. The van der Waals surface area contributed by atoms with Crippen molar-refractivity contribution >= 4 is 29.3 Å². The number of carbonyl (C=O) groups is 2. The number of benzene rings is 3. The average Bonchev–Trinajstić information content (AvgIpc) is 3.66. The molecule has 1 aromatic heterocycles. The first-order valence-corrected chi connectivity index (χ1v) is 14.5. The van der Waals surface area contributed by atoms with Crippen LogP contribution in [0.4, 0.5) is 0 Å². The van der Waals surface area contributed by atoms with Gasteiger partial charge in [-0.1, -0.05) is 30.0 Å². The summed E-state index contributed by atoms with van der Waals surface area (Å²) in [4.78, 5) is 26.2. The number of amides is 2. The van der Waals surface area contributed by atoms with E-state index >= 15 is 0 Å². The van der Waals surface area contributed by atoms with Crippen LogP contribution in [0.1, 0.15) is 39.8 Å². The lowest BCUT2D eigenvalue weighted by Crippen LogP contribution is -2.28.